The van der Waals surface area contributed by atoms with Gasteiger partial charge in [-0.05, 0) is 42.0 Å². The summed E-state index contributed by atoms with van der Waals surface area (Å²) in [5, 5.41) is 2.73. The highest BCUT2D eigenvalue weighted by Gasteiger charge is 2.34. The minimum Gasteiger partial charge on any atom is -0.497 e. The van der Waals surface area contributed by atoms with Crippen LogP contribution >= 0.6 is 0 Å². The smallest absolute Gasteiger partial charge is 0.229 e. The van der Waals surface area contributed by atoms with Crippen molar-refractivity contribution in [3.8, 4) is 5.75 Å². The van der Waals surface area contributed by atoms with E-state index >= 15 is 0 Å². The molecule has 25 heavy (non-hydrogen) atoms. The molecule has 1 fully saturated rings. The molecule has 5 nitrogen and oxygen atoms in total. The third-order valence-electron chi connectivity index (χ3n) is 4.23. The van der Waals surface area contributed by atoms with Gasteiger partial charge in [-0.15, -0.1) is 0 Å². The van der Waals surface area contributed by atoms with Gasteiger partial charge in [0.1, 0.15) is 11.6 Å². The number of amides is 2. The van der Waals surface area contributed by atoms with Crippen molar-refractivity contribution in [2.24, 2.45) is 5.92 Å². The van der Waals surface area contributed by atoms with E-state index in [-0.39, 0.29) is 24.1 Å². The normalized spacial score (nSPS) is 16.8. The maximum atomic E-state index is 12.9. The molecule has 0 saturated carbocycles. The molecule has 6 heteroatoms. The van der Waals surface area contributed by atoms with Crippen LogP contribution in [0.5, 0.6) is 5.75 Å². The van der Waals surface area contributed by atoms with E-state index in [0.29, 0.717) is 18.8 Å². The number of hydrogen-bond acceptors (Lipinski definition) is 3. The first kappa shape index (κ1) is 17.0. The number of methoxy groups -OCH3 is 1. The number of rotatable bonds is 5. The summed E-state index contributed by atoms with van der Waals surface area (Å²) >= 11 is 0. The van der Waals surface area contributed by atoms with Crippen molar-refractivity contribution in [2.75, 3.05) is 19.0 Å². The molecule has 1 heterocycles. The summed E-state index contributed by atoms with van der Waals surface area (Å²) in [5.41, 5.74) is 1.50. The molecule has 0 bridgehead atoms. The van der Waals surface area contributed by atoms with Gasteiger partial charge in [-0.3, -0.25) is 9.59 Å². The van der Waals surface area contributed by atoms with Gasteiger partial charge in [0.15, 0.2) is 0 Å². The molecule has 1 aliphatic heterocycles. The van der Waals surface area contributed by atoms with E-state index in [4.69, 9.17) is 4.74 Å². The maximum absolute atomic E-state index is 12.9. The van der Waals surface area contributed by atoms with Gasteiger partial charge >= 0.3 is 0 Å². The van der Waals surface area contributed by atoms with Crippen LogP contribution in [0.1, 0.15) is 12.0 Å². The molecule has 1 atom stereocenters. The number of benzene rings is 2. The Bertz CT molecular complexity index is 759. The van der Waals surface area contributed by atoms with Crippen LogP contribution in [0.25, 0.3) is 0 Å². The van der Waals surface area contributed by atoms with Gasteiger partial charge in [0.05, 0.1) is 13.0 Å². The lowest BCUT2D eigenvalue weighted by molar-refractivity contribution is -0.128. The van der Waals surface area contributed by atoms with Crippen molar-refractivity contribution in [3.63, 3.8) is 0 Å². The number of hydrogen-bond donors (Lipinski definition) is 1. The molecule has 1 unspecified atom stereocenters. The van der Waals surface area contributed by atoms with Crippen LogP contribution in [-0.2, 0) is 16.1 Å². The Morgan fingerprint density at radius 2 is 1.88 bits per heavy atom. The highest BCUT2D eigenvalue weighted by Crippen LogP contribution is 2.23. The number of carbonyl (C=O) groups is 2. The first-order valence-electron chi connectivity index (χ1n) is 8.02. The fourth-order valence-corrected chi connectivity index (χ4v) is 2.83. The number of nitrogens with zero attached hydrogens (tertiary/aromatic N) is 1. The van der Waals surface area contributed by atoms with Crippen molar-refractivity contribution in [1.82, 2.24) is 4.90 Å². The molecule has 1 aliphatic rings. The van der Waals surface area contributed by atoms with Crippen LogP contribution in [0.2, 0.25) is 0 Å². The topological polar surface area (TPSA) is 58.6 Å². The highest BCUT2D eigenvalue weighted by atomic mass is 19.1. The lowest BCUT2D eigenvalue weighted by Crippen LogP contribution is -2.28. The lowest BCUT2D eigenvalue weighted by Gasteiger charge is -2.17. The molecule has 1 saturated heterocycles. The fourth-order valence-electron chi connectivity index (χ4n) is 2.83. The Balaban J connectivity index is 1.59. The second-order valence-corrected chi connectivity index (χ2v) is 6.02. The Labute approximate surface area is 145 Å². The van der Waals surface area contributed by atoms with Crippen molar-refractivity contribution < 1.29 is 18.7 Å². The maximum Gasteiger partial charge on any atom is 0.229 e. The van der Waals surface area contributed by atoms with Gasteiger partial charge in [-0.2, -0.15) is 0 Å². The van der Waals surface area contributed by atoms with Crippen LogP contribution in [0, 0.1) is 11.7 Å². The summed E-state index contributed by atoms with van der Waals surface area (Å²) < 4.78 is 18.0. The Kier molecular flexibility index (Phi) is 4.97. The van der Waals surface area contributed by atoms with E-state index in [1.807, 2.05) is 24.3 Å². The van der Waals surface area contributed by atoms with Crippen LogP contribution in [0.15, 0.2) is 48.5 Å². The van der Waals surface area contributed by atoms with E-state index in [9.17, 15) is 14.0 Å². The summed E-state index contributed by atoms with van der Waals surface area (Å²) in [6.45, 7) is 0.834. The first-order chi connectivity index (χ1) is 12.0. The Morgan fingerprint density at radius 1 is 1.20 bits per heavy atom. The SMILES string of the molecule is COc1ccc(CN2CC(C(=O)Nc3ccc(F)cc3)CC2=O)cc1. The van der Waals surface area contributed by atoms with Crippen LogP contribution in [0.3, 0.4) is 0 Å². The molecular weight excluding hydrogens is 323 g/mol. The van der Waals surface area contributed by atoms with Crippen LogP contribution in [-0.4, -0.2) is 30.4 Å². The number of halogens is 1. The molecule has 2 aromatic rings. The van der Waals surface area contributed by atoms with Crippen molar-refractivity contribution in [1.29, 1.82) is 0 Å². The zero-order valence-corrected chi connectivity index (χ0v) is 13.9. The minimum atomic E-state index is -0.407. The molecule has 0 aliphatic carbocycles. The monoisotopic (exact) mass is 342 g/mol. The van der Waals surface area contributed by atoms with Gasteiger partial charge in [0.25, 0.3) is 0 Å². The number of ether oxygens (including phenoxy) is 1. The van der Waals surface area contributed by atoms with Crippen LogP contribution < -0.4 is 10.1 Å². The number of likely N-dealkylation sites (tertiary alicyclic amines) is 1. The average Bonchev–Trinajstić information content (AvgIpc) is 2.98. The first-order valence-corrected chi connectivity index (χ1v) is 8.02. The zero-order chi connectivity index (χ0) is 17.8. The average molecular weight is 342 g/mol. The predicted octanol–water partition coefficient (Wildman–Crippen LogP) is 2.82. The molecule has 2 amide bonds. The predicted molar refractivity (Wildman–Crippen MR) is 91.5 cm³/mol. The molecule has 1 N–H and O–H groups in total. The van der Waals surface area contributed by atoms with Crippen molar-refractivity contribution in [2.45, 2.75) is 13.0 Å². The summed E-state index contributed by atoms with van der Waals surface area (Å²) in [6, 6.07) is 13.0. The van der Waals surface area contributed by atoms with E-state index in [1.54, 1.807) is 12.0 Å². The number of nitrogens with one attached hydrogen (secondary N) is 1. The molecule has 130 valence electrons. The van der Waals surface area contributed by atoms with Gasteiger partial charge in [-0.1, -0.05) is 12.1 Å². The minimum absolute atomic E-state index is 0.0462. The summed E-state index contributed by atoms with van der Waals surface area (Å²) in [6.07, 6.45) is 0.184. The van der Waals surface area contributed by atoms with Gasteiger partial charge in [-0.25, -0.2) is 4.39 Å². The summed E-state index contributed by atoms with van der Waals surface area (Å²) in [5.74, 6) is -0.282. The largest absolute Gasteiger partial charge is 0.497 e. The quantitative estimate of drug-likeness (QED) is 0.909. The van der Waals surface area contributed by atoms with Crippen molar-refractivity contribution >= 4 is 17.5 Å². The van der Waals surface area contributed by atoms with E-state index < -0.39 is 5.92 Å². The van der Waals surface area contributed by atoms with Gasteiger partial charge < -0.3 is 15.0 Å². The molecule has 2 aromatic carbocycles. The number of anilines is 1. The fraction of sp³-hybridized carbons (Fsp3) is 0.263. The zero-order valence-electron chi connectivity index (χ0n) is 13.9. The van der Waals surface area contributed by atoms with E-state index in [1.165, 1.54) is 24.3 Å². The Morgan fingerprint density at radius 3 is 2.52 bits per heavy atom. The molecule has 0 aromatic heterocycles. The molecular formula is C19H19FN2O3. The third kappa shape index (κ3) is 4.15. The lowest BCUT2D eigenvalue weighted by atomic mass is 10.1. The standard InChI is InChI=1S/C19H19FN2O3/c1-25-17-8-2-13(3-9-17)11-22-12-14(10-18(22)23)19(24)21-16-6-4-15(20)5-7-16/h2-9,14H,10-12H2,1H3,(H,21,24). The third-order valence-corrected chi connectivity index (χ3v) is 4.23. The summed E-state index contributed by atoms with van der Waals surface area (Å²) in [4.78, 5) is 26.2. The second-order valence-electron chi connectivity index (χ2n) is 6.02. The molecule has 0 spiro atoms. The summed E-state index contributed by atoms with van der Waals surface area (Å²) in [7, 11) is 1.60. The molecule has 0 radical (unpaired) electrons. The molecule has 3 rings (SSSR count). The van der Waals surface area contributed by atoms with E-state index in [2.05, 4.69) is 5.32 Å². The highest BCUT2D eigenvalue weighted by molar-refractivity contribution is 5.97. The van der Waals surface area contributed by atoms with Gasteiger partial charge in [0.2, 0.25) is 11.8 Å². The van der Waals surface area contributed by atoms with Crippen molar-refractivity contribution in [3.05, 3.63) is 59.9 Å². The Hall–Kier alpha value is -2.89. The van der Waals surface area contributed by atoms with Gasteiger partial charge in [0, 0.05) is 25.2 Å². The second kappa shape index (κ2) is 7.34. The van der Waals surface area contributed by atoms with E-state index in [0.717, 1.165) is 11.3 Å². The number of carbonyl (C=O) groups excluding carboxylic acids is 2. The van der Waals surface area contributed by atoms with Crippen LogP contribution in [0.4, 0.5) is 10.1 Å².